The second-order valence-corrected chi connectivity index (χ2v) is 9.42. The Morgan fingerprint density at radius 2 is 1.78 bits per heavy atom. The molecule has 1 saturated heterocycles. The number of hydrogen-bond acceptors (Lipinski definition) is 7. The number of carbonyl (C=O) groups excluding carboxylic acids is 1. The summed E-state index contributed by atoms with van der Waals surface area (Å²) in [6, 6.07) is 11.0. The summed E-state index contributed by atoms with van der Waals surface area (Å²) >= 11 is 0. The van der Waals surface area contributed by atoms with E-state index in [-0.39, 0.29) is 47.7 Å². The Bertz CT molecular complexity index is 1220. The lowest BCUT2D eigenvalue weighted by Gasteiger charge is -2.34. The molecule has 1 aromatic heterocycles. The number of sulfonamides is 1. The van der Waals surface area contributed by atoms with Gasteiger partial charge >= 0.3 is 6.01 Å². The zero-order valence-corrected chi connectivity index (χ0v) is 18.2. The fraction of sp³-hybridized carbons (Fsp3) is 0.286. The number of nitrogens with one attached hydrogen (secondary N) is 1. The first-order valence-corrected chi connectivity index (χ1v) is 11.3. The summed E-state index contributed by atoms with van der Waals surface area (Å²) in [7, 11) is -3.71. The van der Waals surface area contributed by atoms with Gasteiger partial charge in [-0.15, -0.1) is 5.10 Å². The smallest absolute Gasteiger partial charge is 0.322 e. The molecular weight excluding hydrogens is 439 g/mol. The van der Waals surface area contributed by atoms with Gasteiger partial charge in [0.25, 0.3) is 5.91 Å². The fourth-order valence-electron chi connectivity index (χ4n) is 3.44. The van der Waals surface area contributed by atoms with E-state index in [1.54, 1.807) is 6.07 Å². The third-order valence-electron chi connectivity index (χ3n) is 4.86. The average Bonchev–Trinajstić information content (AvgIpc) is 3.21. The molecule has 1 aliphatic rings. The predicted molar refractivity (Wildman–Crippen MR) is 113 cm³/mol. The summed E-state index contributed by atoms with van der Waals surface area (Å²) in [6.07, 6.45) is -0.407. The van der Waals surface area contributed by atoms with Gasteiger partial charge in [-0.05, 0) is 56.3 Å². The van der Waals surface area contributed by atoms with E-state index >= 15 is 0 Å². The SMILES string of the molecule is CC1CN(S(=O)(=O)c2ccc(C(=O)Nc3nnc(-c4cccc(F)c4)o3)cc2)CC(C)O1. The number of nitrogens with zero attached hydrogens (tertiary/aromatic N) is 3. The first-order valence-electron chi connectivity index (χ1n) is 9.89. The zero-order valence-electron chi connectivity index (χ0n) is 17.4. The van der Waals surface area contributed by atoms with Crippen molar-refractivity contribution in [3.63, 3.8) is 0 Å². The molecule has 32 heavy (non-hydrogen) atoms. The van der Waals surface area contributed by atoms with Crippen LogP contribution in [-0.4, -0.2) is 54.1 Å². The molecule has 2 unspecified atom stereocenters. The molecule has 0 saturated carbocycles. The Morgan fingerprint density at radius 1 is 1.09 bits per heavy atom. The van der Waals surface area contributed by atoms with Crippen LogP contribution in [0.5, 0.6) is 0 Å². The highest BCUT2D eigenvalue weighted by atomic mass is 32.2. The van der Waals surface area contributed by atoms with E-state index in [0.29, 0.717) is 5.56 Å². The van der Waals surface area contributed by atoms with Crippen molar-refractivity contribution in [2.24, 2.45) is 0 Å². The molecule has 3 aromatic rings. The number of ether oxygens (including phenoxy) is 1. The highest BCUT2D eigenvalue weighted by Crippen LogP contribution is 2.23. The lowest BCUT2D eigenvalue weighted by molar-refractivity contribution is -0.0440. The standard InChI is InChI=1S/C21H21FN4O5S/c1-13-11-26(12-14(2)30-13)32(28,29)18-8-6-15(7-9-18)19(27)23-21-25-24-20(31-21)16-4-3-5-17(22)10-16/h3-10,13-14H,11-12H2,1-2H3,(H,23,25,27). The van der Waals surface area contributed by atoms with Gasteiger partial charge in [-0.1, -0.05) is 11.2 Å². The van der Waals surface area contributed by atoms with Gasteiger partial charge in [-0.2, -0.15) is 4.31 Å². The molecule has 9 nitrogen and oxygen atoms in total. The first kappa shape index (κ1) is 22.1. The highest BCUT2D eigenvalue weighted by molar-refractivity contribution is 7.89. The monoisotopic (exact) mass is 460 g/mol. The minimum Gasteiger partial charge on any atom is -0.403 e. The fourth-order valence-corrected chi connectivity index (χ4v) is 5.03. The maximum absolute atomic E-state index is 13.4. The van der Waals surface area contributed by atoms with E-state index in [9.17, 15) is 17.6 Å². The Balaban J connectivity index is 1.46. The van der Waals surface area contributed by atoms with Crippen LogP contribution in [0.15, 0.2) is 57.8 Å². The van der Waals surface area contributed by atoms with Crippen molar-refractivity contribution in [1.29, 1.82) is 0 Å². The average molecular weight is 460 g/mol. The first-order chi connectivity index (χ1) is 15.2. The van der Waals surface area contributed by atoms with Crippen LogP contribution < -0.4 is 5.32 Å². The topological polar surface area (TPSA) is 115 Å². The van der Waals surface area contributed by atoms with Gasteiger partial charge in [0.1, 0.15) is 5.82 Å². The summed E-state index contributed by atoms with van der Waals surface area (Å²) in [6.45, 7) is 4.17. The number of hydrogen-bond donors (Lipinski definition) is 1. The number of morpholine rings is 1. The van der Waals surface area contributed by atoms with Crippen molar-refractivity contribution < 1.29 is 26.8 Å². The molecule has 2 atom stereocenters. The van der Waals surface area contributed by atoms with Crippen LogP contribution >= 0.6 is 0 Å². The lowest BCUT2D eigenvalue weighted by atomic mass is 10.2. The molecule has 0 spiro atoms. The van der Waals surface area contributed by atoms with Gasteiger partial charge in [0, 0.05) is 24.2 Å². The molecule has 0 radical (unpaired) electrons. The van der Waals surface area contributed by atoms with Crippen LogP contribution in [0.1, 0.15) is 24.2 Å². The van der Waals surface area contributed by atoms with E-state index in [1.807, 2.05) is 13.8 Å². The third-order valence-corrected chi connectivity index (χ3v) is 6.70. The third kappa shape index (κ3) is 4.69. The maximum atomic E-state index is 13.4. The second kappa shape index (κ2) is 8.77. The van der Waals surface area contributed by atoms with E-state index in [2.05, 4.69) is 15.5 Å². The van der Waals surface area contributed by atoms with E-state index in [0.717, 1.165) is 0 Å². The molecule has 4 rings (SSSR count). The molecule has 1 amide bonds. The zero-order chi connectivity index (χ0) is 22.9. The Kier molecular flexibility index (Phi) is 6.04. The summed E-state index contributed by atoms with van der Waals surface area (Å²) in [5.74, 6) is -0.963. The summed E-state index contributed by atoms with van der Waals surface area (Å²) < 4.78 is 51.5. The number of halogens is 1. The van der Waals surface area contributed by atoms with Crippen molar-refractivity contribution in [3.05, 3.63) is 59.9 Å². The van der Waals surface area contributed by atoms with Crippen molar-refractivity contribution in [2.75, 3.05) is 18.4 Å². The molecule has 2 aromatic carbocycles. The van der Waals surface area contributed by atoms with Gasteiger partial charge in [0.15, 0.2) is 0 Å². The number of carbonyl (C=O) groups is 1. The van der Waals surface area contributed by atoms with Gasteiger partial charge in [-0.25, -0.2) is 12.8 Å². The predicted octanol–water partition coefficient (Wildman–Crippen LogP) is 2.93. The summed E-state index contributed by atoms with van der Waals surface area (Å²) in [4.78, 5) is 12.6. The molecule has 1 fully saturated rings. The Labute approximate surface area is 184 Å². The number of aromatic nitrogens is 2. The van der Waals surface area contributed by atoms with Crippen LogP contribution in [0.25, 0.3) is 11.5 Å². The van der Waals surface area contributed by atoms with Crippen molar-refractivity contribution in [2.45, 2.75) is 31.0 Å². The number of benzene rings is 2. The minimum atomic E-state index is -3.71. The molecule has 0 aliphatic carbocycles. The molecule has 1 aliphatic heterocycles. The van der Waals surface area contributed by atoms with Crippen molar-refractivity contribution in [3.8, 4) is 11.5 Å². The van der Waals surface area contributed by atoms with E-state index in [1.165, 1.54) is 46.8 Å². The van der Waals surface area contributed by atoms with Crippen LogP contribution in [-0.2, 0) is 14.8 Å². The van der Waals surface area contributed by atoms with Crippen molar-refractivity contribution >= 4 is 21.9 Å². The highest BCUT2D eigenvalue weighted by Gasteiger charge is 2.32. The van der Waals surface area contributed by atoms with Crippen LogP contribution in [0.3, 0.4) is 0 Å². The quantitative estimate of drug-likeness (QED) is 0.623. The maximum Gasteiger partial charge on any atom is 0.322 e. The number of amides is 1. The molecule has 2 heterocycles. The summed E-state index contributed by atoms with van der Waals surface area (Å²) in [5, 5.41) is 9.97. The lowest BCUT2D eigenvalue weighted by Crippen LogP contribution is -2.48. The van der Waals surface area contributed by atoms with Gasteiger partial charge in [0.05, 0.1) is 17.1 Å². The van der Waals surface area contributed by atoms with Gasteiger partial charge in [-0.3, -0.25) is 10.1 Å². The van der Waals surface area contributed by atoms with Gasteiger partial charge < -0.3 is 9.15 Å². The molecular formula is C21H21FN4O5S. The Hall–Kier alpha value is -3.15. The van der Waals surface area contributed by atoms with Crippen LogP contribution in [0.2, 0.25) is 0 Å². The van der Waals surface area contributed by atoms with Crippen LogP contribution in [0.4, 0.5) is 10.4 Å². The number of anilines is 1. The largest absolute Gasteiger partial charge is 0.403 e. The van der Waals surface area contributed by atoms with Gasteiger partial charge in [0.2, 0.25) is 15.9 Å². The molecule has 0 bridgehead atoms. The summed E-state index contributed by atoms with van der Waals surface area (Å²) in [5.41, 5.74) is 0.581. The Morgan fingerprint density at radius 3 is 2.44 bits per heavy atom. The second-order valence-electron chi connectivity index (χ2n) is 7.48. The molecule has 1 N–H and O–H groups in total. The molecule has 11 heteroatoms. The van der Waals surface area contributed by atoms with E-state index < -0.39 is 21.7 Å². The van der Waals surface area contributed by atoms with E-state index in [4.69, 9.17) is 9.15 Å². The normalized spacial score (nSPS) is 19.6. The minimum absolute atomic E-state index is 0.0511. The molecule has 168 valence electrons. The van der Waals surface area contributed by atoms with Crippen LogP contribution in [0, 0.1) is 5.82 Å². The number of rotatable bonds is 5. The van der Waals surface area contributed by atoms with Crippen molar-refractivity contribution in [1.82, 2.24) is 14.5 Å².